The molecule has 1 saturated heterocycles. The first kappa shape index (κ1) is 12.7. The topological polar surface area (TPSA) is 40.5 Å². The Morgan fingerprint density at radius 2 is 2.05 bits per heavy atom. The Morgan fingerprint density at radius 1 is 1.26 bits per heavy atom. The summed E-state index contributed by atoms with van der Waals surface area (Å²) < 4.78 is 0. The Kier molecular flexibility index (Phi) is 3.31. The molecule has 3 heteroatoms. The number of benzene rings is 1. The van der Waals surface area contributed by atoms with Crippen LogP contribution in [0, 0.1) is 5.92 Å². The van der Waals surface area contributed by atoms with Crippen LogP contribution in [0.5, 0.6) is 0 Å². The Bertz CT molecular complexity index is 488. The van der Waals surface area contributed by atoms with Crippen molar-refractivity contribution in [1.29, 1.82) is 0 Å². The molecule has 2 aliphatic rings. The zero-order valence-electron chi connectivity index (χ0n) is 11.4. The molecule has 0 unspecified atom stereocenters. The number of likely N-dealkylation sites (tertiary alicyclic amines) is 1. The van der Waals surface area contributed by atoms with Crippen LogP contribution in [-0.4, -0.2) is 35.1 Å². The smallest absolute Gasteiger partial charge is 0.253 e. The first-order chi connectivity index (χ1) is 9.13. The summed E-state index contributed by atoms with van der Waals surface area (Å²) in [6, 6.07) is 6.09. The van der Waals surface area contributed by atoms with Crippen molar-refractivity contribution in [2.45, 2.75) is 38.7 Å². The van der Waals surface area contributed by atoms with Gasteiger partial charge in [0.1, 0.15) is 0 Å². The fourth-order valence-electron chi connectivity index (χ4n) is 3.37. The maximum atomic E-state index is 12.5. The van der Waals surface area contributed by atoms with E-state index in [4.69, 9.17) is 0 Å². The van der Waals surface area contributed by atoms with Crippen molar-refractivity contribution < 1.29 is 9.90 Å². The summed E-state index contributed by atoms with van der Waals surface area (Å²) in [5.74, 6) is 0.447. The zero-order chi connectivity index (χ0) is 13.4. The molecule has 102 valence electrons. The number of piperidine rings is 1. The molecule has 0 radical (unpaired) electrons. The molecule has 1 N–H and O–H groups in total. The van der Waals surface area contributed by atoms with E-state index in [1.165, 1.54) is 17.5 Å². The summed E-state index contributed by atoms with van der Waals surface area (Å²) >= 11 is 0. The maximum Gasteiger partial charge on any atom is 0.253 e. The lowest BCUT2D eigenvalue weighted by Gasteiger charge is -2.34. The van der Waals surface area contributed by atoms with E-state index in [9.17, 15) is 9.90 Å². The Balaban J connectivity index is 1.80. The lowest BCUT2D eigenvalue weighted by Crippen LogP contribution is -2.45. The van der Waals surface area contributed by atoms with Gasteiger partial charge in [-0.1, -0.05) is 13.0 Å². The van der Waals surface area contributed by atoms with E-state index >= 15 is 0 Å². The van der Waals surface area contributed by atoms with Gasteiger partial charge in [0.25, 0.3) is 5.91 Å². The molecule has 2 atom stereocenters. The van der Waals surface area contributed by atoms with Gasteiger partial charge in [-0.05, 0) is 54.9 Å². The number of rotatable bonds is 1. The molecular weight excluding hydrogens is 238 g/mol. The molecule has 1 aromatic rings. The van der Waals surface area contributed by atoms with Crippen molar-refractivity contribution in [1.82, 2.24) is 4.90 Å². The quantitative estimate of drug-likeness (QED) is 0.838. The number of aliphatic hydroxyl groups excluding tert-OH is 1. The highest BCUT2D eigenvalue weighted by atomic mass is 16.3. The number of amides is 1. The lowest BCUT2D eigenvalue weighted by atomic mass is 9.97. The van der Waals surface area contributed by atoms with E-state index in [1.54, 1.807) is 4.90 Å². The molecule has 1 amide bonds. The van der Waals surface area contributed by atoms with Crippen molar-refractivity contribution >= 4 is 5.91 Å². The van der Waals surface area contributed by atoms with Crippen LogP contribution in [0.15, 0.2) is 18.2 Å². The number of carbonyl (C=O) groups is 1. The summed E-state index contributed by atoms with van der Waals surface area (Å²) in [5.41, 5.74) is 3.50. The molecule has 0 spiro atoms. The number of nitrogens with zero attached hydrogens (tertiary/aromatic N) is 1. The minimum Gasteiger partial charge on any atom is -0.391 e. The molecular formula is C16H21NO2. The van der Waals surface area contributed by atoms with Crippen molar-refractivity contribution in [3.8, 4) is 0 Å². The summed E-state index contributed by atoms with van der Waals surface area (Å²) in [7, 11) is 0. The molecule has 1 fully saturated rings. The summed E-state index contributed by atoms with van der Waals surface area (Å²) in [6.45, 7) is 3.32. The normalized spacial score (nSPS) is 26.3. The van der Waals surface area contributed by atoms with Gasteiger partial charge in [0.05, 0.1) is 6.10 Å². The van der Waals surface area contributed by atoms with Gasteiger partial charge < -0.3 is 10.0 Å². The molecule has 0 bridgehead atoms. The van der Waals surface area contributed by atoms with Gasteiger partial charge in [0.2, 0.25) is 0 Å². The molecule has 0 saturated carbocycles. The van der Waals surface area contributed by atoms with Gasteiger partial charge in [-0.2, -0.15) is 0 Å². The fourth-order valence-corrected chi connectivity index (χ4v) is 3.37. The second kappa shape index (κ2) is 4.97. The predicted molar refractivity (Wildman–Crippen MR) is 74.2 cm³/mol. The van der Waals surface area contributed by atoms with Crippen molar-refractivity contribution in [2.75, 3.05) is 13.1 Å². The van der Waals surface area contributed by atoms with E-state index in [0.717, 1.165) is 31.4 Å². The summed E-state index contributed by atoms with van der Waals surface area (Å²) in [5, 5.41) is 9.81. The molecule has 19 heavy (non-hydrogen) atoms. The van der Waals surface area contributed by atoms with Crippen LogP contribution in [0.25, 0.3) is 0 Å². The predicted octanol–water partition coefficient (Wildman–Crippen LogP) is 2.02. The molecule has 1 aliphatic heterocycles. The second-order valence-electron chi connectivity index (χ2n) is 6.04. The highest BCUT2D eigenvalue weighted by Crippen LogP contribution is 2.24. The van der Waals surface area contributed by atoms with E-state index in [2.05, 4.69) is 19.1 Å². The molecule has 1 heterocycles. The van der Waals surface area contributed by atoms with Crippen LogP contribution < -0.4 is 0 Å². The van der Waals surface area contributed by atoms with Crippen LogP contribution in [0.1, 0.15) is 41.3 Å². The first-order valence-corrected chi connectivity index (χ1v) is 7.22. The molecule has 0 aromatic heterocycles. The maximum absolute atomic E-state index is 12.5. The minimum atomic E-state index is -0.373. The van der Waals surface area contributed by atoms with E-state index in [-0.39, 0.29) is 12.0 Å². The summed E-state index contributed by atoms with van der Waals surface area (Å²) in [6.07, 6.45) is 3.86. The fraction of sp³-hybridized carbons (Fsp3) is 0.562. The number of carbonyl (C=O) groups excluding carboxylic acids is 1. The monoisotopic (exact) mass is 259 g/mol. The number of hydrogen-bond donors (Lipinski definition) is 1. The van der Waals surface area contributed by atoms with Crippen LogP contribution in [0.2, 0.25) is 0 Å². The lowest BCUT2D eigenvalue weighted by molar-refractivity contribution is 0.0339. The van der Waals surface area contributed by atoms with Gasteiger partial charge in [-0.25, -0.2) is 0 Å². The van der Waals surface area contributed by atoms with Gasteiger partial charge in [-0.3, -0.25) is 4.79 Å². The highest BCUT2D eigenvalue weighted by molar-refractivity contribution is 5.94. The van der Waals surface area contributed by atoms with Gasteiger partial charge in [-0.15, -0.1) is 0 Å². The third-order valence-corrected chi connectivity index (χ3v) is 4.27. The van der Waals surface area contributed by atoms with Crippen LogP contribution in [0.3, 0.4) is 0 Å². The average Bonchev–Trinajstić information content (AvgIpc) is 2.83. The highest BCUT2D eigenvalue weighted by Gasteiger charge is 2.27. The number of aryl methyl sites for hydroxylation is 2. The third-order valence-electron chi connectivity index (χ3n) is 4.27. The second-order valence-corrected chi connectivity index (χ2v) is 6.04. The standard InChI is InChI=1S/C16H21NO2/c1-11-7-15(18)10-17(9-11)16(19)14-6-5-12-3-2-4-13(12)8-14/h5-6,8,11,15,18H,2-4,7,9-10H2,1H3/t11-,15+/m1/s1. The van der Waals surface area contributed by atoms with E-state index < -0.39 is 0 Å². The number of fused-ring (bicyclic) bond motifs is 1. The number of hydrogen-bond acceptors (Lipinski definition) is 2. The van der Waals surface area contributed by atoms with E-state index in [1.807, 2.05) is 6.07 Å². The average molecular weight is 259 g/mol. The van der Waals surface area contributed by atoms with Crippen LogP contribution >= 0.6 is 0 Å². The Labute approximate surface area is 114 Å². The Morgan fingerprint density at radius 3 is 2.84 bits per heavy atom. The summed E-state index contributed by atoms with van der Waals surface area (Å²) in [4.78, 5) is 14.3. The Hall–Kier alpha value is -1.35. The molecule has 1 aromatic carbocycles. The van der Waals surface area contributed by atoms with Crippen molar-refractivity contribution in [2.24, 2.45) is 5.92 Å². The van der Waals surface area contributed by atoms with E-state index in [0.29, 0.717) is 12.5 Å². The molecule has 1 aliphatic carbocycles. The SMILES string of the molecule is C[C@@H]1C[C@H](O)CN(C(=O)c2ccc3c(c2)CCC3)C1. The zero-order valence-corrected chi connectivity index (χ0v) is 11.4. The molecule has 3 nitrogen and oxygen atoms in total. The third kappa shape index (κ3) is 2.52. The largest absolute Gasteiger partial charge is 0.391 e. The van der Waals surface area contributed by atoms with Crippen LogP contribution in [0.4, 0.5) is 0 Å². The van der Waals surface area contributed by atoms with Gasteiger partial charge >= 0.3 is 0 Å². The van der Waals surface area contributed by atoms with Gasteiger partial charge in [0.15, 0.2) is 0 Å². The molecule has 3 rings (SSSR count). The first-order valence-electron chi connectivity index (χ1n) is 7.22. The number of aliphatic hydroxyl groups is 1. The van der Waals surface area contributed by atoms with Crippen molar-refractivity contribution in [3.05, 3.63) is 34.9 Å². The van der Waals surface area contributed by atoms with Crippen LogP contribution in [-0.2, 0) is 12.8 Å². The number of β-amino-alcohol motifs (C(OH)–C–C–N with tert-alkyl or cyclic N) is 1. The van der Waals surface area contributed by atoms with Crippen molar-refractivity contribution in [3.63, 3.8) is 0 Å². The minimum absolute atomic E-state index is 0.0697. The van der Waals surface area contributed by atoms with Gasteiger partial charge in [0, 0.05) is 18.7 Å².